The van der Waals surface area contributed by atoms with Gasteiger partial charge in [-0.15, -0.1) is 0 Å². The highest BCUT2D eigenvalue weighted by atomic mass is 127. The van der Waals surface area contributed by atoms with Gasteiger partial charge in [0.05, 0.1) is 13.2 Å². The lowest BCUT2D eigenvalue weighted by Crippen LogP contribution is -2.31. The molecule has 0 fully saturated rings. The summed E-state index contributed by atoms with van der Waals surface area (Å²) in [5.41, 5.74) is 5.52. The summed E-state index contributed by atoms with van der Waals surface area (Å²) in [5, 5.41) is 0. The Morgan fingerprint density at radius 2 is 1.79 bits per heavy atom. The fraction of sp³-hybridized carbons (Fsp3) is 0.160. The van der Waals surface area contributed by atoms with Crippen molar-refractivity contribution < 1.29 is 9.53 Å². The number of anilines is 1. The van der Waals surface area contributed by atoms with Crippen LogP contribution in [0.2, 0.25) is 0 Å². The predicted molar refractivity (Wildman–Crippen MR) is 127 cm³/mol. The number of carbonyl (C=O) groups is 1. The number of nitrogens with zero attached hydrogens (tertiary/aromatic N) is 1. The molecule has 0 aliphatic carbocycles. The molecular weight excluding hydrogens is 473 g/mol. The monoisotopic (exact) mass is 495 g/mol. The molecule has 1 aliphatic heterocycles. The molecule has 0 bridgehead atoms. The summed E-state index contributed by atoms with van der Waals surface area (Å²) in [6.07, 6.45) is 2.66. The molecule has 3 nitrogen and oxygen atoms in total. The van der Waals surface area contributed by atoms with Gasteiger partial charge in [0.2, 0.25) is 0 Å². The molecule has 4 heteroatoms. The molecule has 0 radical (unpaired) electrons. The third-order valence-electron chi connectivity index (χ3n) is 5.17. The number of fused-ring (bicyclic) bond motifs is 1. The van der Waals surface area contributed by atoms with E-state index >= 15 is 0 Å². The summed E-state index contributed by atoms with van der Waals surface area (Å²) < 4.78 is 6.64. The highest BCUT2D eigenvalue weighted by Gasteiger charge is 2.31. The molecule has 0 amide bonds. The molecule has 1 heterocycles. The van der Waals surface area contributed by atoms with Crippen LogP contribution in [0, 0.1) is 3.57 Å². The fourth-order valence-corrected chi connectivity index (χ4v) is 4.23. The molecule has 1 unspecified atom stereocenters. The third-order valence-corrected chi connectivity index (χ3v) is 5.89. The summed E-state index contributed by atoms with van der Waals surface area (Å²) in [5.74, 6) is 0.986. The van der Waals surface area contributed by atoms with Crippen LogP contribution in [-0.4, -0.2) is 12.9 Å². The summed E-state index contributed by atoms with van der Waals surface area (Å²) >= 11 is 2.32. The van der Waals surface area contributed by atoms with Gasteiger partial charge >= 0.3 is 0 Å². The van der Waals surface area contributed by atoms with E-state index in [1.807, 2.05) is 30.3 Å². The molecule has 0 saturated heterocycles. The Balaban J connectivity index is 1.94. The van der Waals surface area contributed by atoms with E-state index in [0.717, 1.165) is 28.3 Å². The van der Waals surface area contributed by atoms with Gasteiger partial charge < -0.3 is 9.64 Å². The smallest absolute Gasteiger partial charge is 0.132 e. The number of benzene rings is 3. The zero-order valence-electron chi connectivity index (χ0n) is 16.4. The van der Waals surface area contributed by atoms with Crippen molar-refractivity contribution in [1.29, 1.82) is 0 Å². The van der Waals surface area contributed by atoms with Crippen LogP contribution in [0.25, 0.3) is 11.8 Å². The Kier molecular flexibility index (Phi) is 5.72. The molecule has 29 heavy (non-hydrogen) atoms. The Bertz CT molecular complexity index is 1070. The number of ether oxygens (including phenoxy) is 1. The van der Waals surface area contributed by atoms with Gasteiger partial charge in [0.25, 0.3) is 0 Å². The molecule has 0 saturated carbocycles. The van der Waals surface area contributed by atoms with E-state index in [0.29, 0.717) is 6.42 Å². The molecule has 1 atom stereocenters. The van der Waals surface area contributed by atoms with Crippen molar-refractivity contribution in [2.75, 3.05) is 12.0 Å². The molecule has 1 aliphatic rings. The van der Waals surface area contributed by atoms with Crippen LogP contribution < -0.4 is 9.64 Å². The lowest BCUT2D eigenvalue weighted by atomic mass is 9.88. The maximum atomic E-state index is 12.2. The van der Waals surface area contributed by atoms with Crippen molar-refractivity contribution in [1.82, 2.24) is 0 Å². The van der Waals surface area contributed by atoms with Crippen molar-refractivity contribution in [3.05, 3.63) is 93.1 Å². The molecule has 0 aromatic heterocycles. The normalized spacial score (nSPS) is 15.5. The standard InChI is InChI=1S/C25H22INO2/c1-17(28)14-25-23-9-4-3-6-18(23)16-24(19-7-5-8-22(15-19)29-2)27(25)21-12-10-20(26)11-13-21/h3-13,15-16,25H,14H2,1-2H3. The highest BCUT2D eigenvalue weighted by Crippen LogP contribution is 2.43. The Morgan fingerprint density at radius 1 is 1.03 bits per heavy atom. The highest BCUT2D eigenvalue weighted by molar-refractivity contribution is 14.1. The Hall–Kier alpha value is -2.60. The molecule has 0 spiro atoms. The maximum Gasteiger partial charge on any atom is 0.132 e. The van der Waals surface area contributed by atoms with Crippen LogP contribution in [0.3, 0.4) is 0 Å². The first-order valence-electron chi connectivity index (χ1n) is 9.56. The van der Waals surface area contributed by atoms with E-state index in [1.165, 1.54) is 9.13 Å². The molecular formula is C25H22INO2. The van der Waals surface area contributed by atoms with E-state index in [1.54, 1.807) is 14.0 Å². The zero-order valence-corrected chi connectivity index (χ0v) is 18.6. The van der Waals surface area contributed by atoms with Crippen LogP contribution in [0.15, 0.2) is 72.8 Å². The van der Waals surface area contributed by atoms with Gasteiger partial charge in [0.15, 0.2) is 0 Å². The lowest BCUT2D eigenvalue weighted by molar-refractivity contribution is -0.117. The molecule has 4 rings (SSSR count). The van der Waals surface area contributed by atoms with Crippen LogP contribution in [-0.2, 0) is 4.79 Å². The first kappa shape index (κ1) is 19.7. The summed E-state index contributed by atoms with van der Waals surface area (Å²) in [4.78, 5) is 14.5. The second-order valence-electron chi connectivity index (χ2n) is 7.16. The number of ketones is 1. The number of carbonyl (C=O) groups excluding carboxylic acids is 1. The van der Waals surface area contributed by atoms with Crippen molar-refractivity contribution in [3.63, 3.8) is 0 Å². The number of halogens is 1. The number of rotatable bonds is 5. The fourth-order valence-electron chi connectivity index (χ4n) is 3.87. The zero-order chi connectivity index (χ0) is 20.4. The average molecular weight is 495 g/mol. The number of Topliss-reactive ketones (excluding diaryl/α,β-unsaturated/α-hetero) is 1. The topological polar surface area (TPSA) is 29.5 Å². The van der Waals surface area contributed by atoms with Gasteiger partial charge in [-0.05, 0) is 83.1 Å². The summed E-state index contributed by atoms with van der Waals surface area (Å²) in [6, 6.07) is 24.8. The summed E-state index contributed by atoms with van der Waals surface area (Å²) in [7, 11) is 1.68. The van der Waals surface area contributed by atoms with Gasteiger partial charge in [-0.3, -0.25) is 4.79 Å². The van der Waals surface area contributed by atoms with Gasteiger partial charge in [-0.25, -0.2) is 0 Å². The lowest BCUT2D eigenvalue weighted by Gasteiger charge is -2.39. The first-order valence-corrected chi connectivity index (χ1v) is 10.6. The minimum absolute atomic E-state index is 0.0602. The minimum atomic E-state index is -0.0602. The second kappa shape index (κ2) is 8.41. The van der Waals surface area contributed by atoms with Crippen molar-refractivity contribution in [2.45, 2.75) is 19.4 Å². The minimum Gasteiger partial charge on any atom is -0.497 e. The van der Waals surface area contributed by atoms with E-state index in [4.69, 9.17) is 4.74 Å². The number of hydrogen-bond acceptors (Lipinski definition) is 3. The van der Waals surface area contributed by atoms with E-state index in [2.05, 4.69) is 76.0 Å². The SMILES string of the molecule is COc1cccc(C2=Cc3ccccc3C(CC(C)=O)N2c2ccc(I)cc2)c1. The molecule has 3 aromatic rings. The molecule has 0 N–H and O–H groups in total. The summed E-state index contributed by atoms with van der Waals surface area (Å²) in [6.45, 7) is 1.66. The van der Waals surface area contributed by atoms with Crippen LogP contribution >= 0.6 is 22.6 Å². The van der Waals surface area contributed by atoms with Gasteiger partial charge in [0, 0.05) is 26.9 Å². The second-order valence-corrected chi connectivity index (χ2v) is 8.40. The van der Waals surface area contributed by atoms with E-state index < -0.39 is 0 Å². The van der Waals surface area contributed by atoms with Gasteiger partial charge in [-0.2, -0.15) is 0 Å². The first-order chi connectivity index (χ1) is 14.1. The number of hydrogen-bond donors (Lipinski definition) is 0. The largest absolute Gasteiger partial charge is 0.497 e. The third kappa shape index (κ3) is 4.08. The molecule has 3 aromatic carbocycles. The predicted octanol–water partition coefficient (Wildman–Crippen LogP) is 6.34. The number of methoxy groups -OCH3 is 1. The van der Waals surface area contributed by atoms with Crippen LogP contribution in [0.1, 0.15) is 36.1 Å². The van der Waals surface area contributed by atoms with Crippen molar-refractivity contribution in [2.24, 2.45) is 0 Å². The van der Waals surface area contributed by atoms with E-state index in [-0.39, 0.29) is 11.8 Å². The van der Waals surface area contributed by atoms with Crippen LogP contribution in [0.5, 0.6) is 5.75 Å². The quantitative estimate of drug-likeness (QED) is 0.387. The van der Waals surface area contributed by atoms with Crippen molar-refractivity contribution in [3.8, 4) is 5.75 Å². The van der Waals surface area contributed by atoms with Gasteiger partial charge in [-0.1, -0.05) is 36.4 Å². The maximum absolute atomic E-state index is 12.2. The Labute approximate surface area is 185 Å². The Morgan fingerprint density at radius 3 is 2.52 bits per heavy atom. The average Bonchev–Trinajstić information content (AvgIpc) is 2.74. The molecule has 146 valence electrons. The van der Waals surface area contributed by atoms with Gasteiger partial charge in [0.1, 0.15) is 11.5 Å². The van der Waals surface area contributed by atoms with Crippen molar-refractivity contribution >= 4 is 45.8 Å². The van der Waals surface area contributed by atoms with E-state index in [9.17, 15) is 4.79 Å². The van der Waals surface area contributed by atoms with Crippen LogP contribution in [0.4, 0.5) is 5.69 Å².